The molecule has 0 radical (unpaired) electrons. The number of allylic oxidation sites excluding steroid dienone is 1. The molecule has 0 nitrogen and oxygen atoms in total. The second-order valence-electron chi connectivity index (χ2n) is 11.5. The summed E-state index contributed by atoms with van der Waals surface area (Å²) in [5, 5.41) is 5.21. The molecule has 2 aliphatic rings. The van der Waals surface area contributed by atoms with Crippen LogP contribution in [0.4, 0.5) is 0 Å². The van der Waals surface area contributed by atoms with Crippen LogP contribution in [0, 0.1) is 11.8 Å². The van der Waals surface area contributed by atoms with Gasteiger partial charge in [0.1, 0.15) is 0 Å². The molecule has 0 N–H and O–H groups in total. The zero-order chi connectivity index (χ0) is 25.3. The van der Waals surface area contributed by atoms with Gasteiger partial charge in [-0.1, -0.05) is 109 Å². The van der Waals surface area contributed by atoms with Crippen LogP contribution >= 0.6 is 15.9 Å². The molecule has 0 saturated heterocycles. The molecule has 1 fully saturated rings. The fourth-order valence-electron chi connectivity index (χ4n) is 7.39. The predicted octanol–water partition coefficient (Wildman–Crippen LogP) is 10.7. The summed E-state index contributed by atoms with van der Waals surface area (Å²) in [4.78, 5) is 0. The minimum atomic E-state index is -0.0481. The van der Waals surface area contributed by atoms with Crippen molar-refractivity contribution >= 4 is 37.5 Å². The van der Waals surface area contributed by atoms with Crippen molar-refractivity contribution in [1.82, 2.24) is 0 Å². The molecule has 5 aromatic rings. The maximum atomic E-state index is 4.48. The van der Waals surface area contributed by atoms with Crippen molar-refractivity contribution in [2.45, 2.75) is 38.5 Å². The Bertz CT molecular complexity index is 1720. The average molecular weight is 544 g/mol. The average Bonchev–Trinajstić information content (AvgIpc) is 3.15. The predicted molar refractivity (Wildman–Crippen MR) is 162 cm³/mol. The maximum Gasteiger partial charge on any atom is 0.0253 e. The Kier molecular flexibility index (Phi) is 5.24. The van der Waals surface area contributed by atoms with Crippen LogP contribution in [0.5, 0.6) is 0 Å². The lowest BCUT2D eigenvalue weighted by molar-refractivity contribution is 0.249. The topological polar surface area (TPSA) is 0 Å². The molecule has 0 spiro atoms. The standard InChI is InChI=1S/C36H31Br/c1-22-16-23(2)18-27(17-22)36(3)33-21-26(28-10-6-12-31-29(28)11-7-13-35(31)37)14-15-30(33)32-19-24-8-4-5-9-25(24)20-34(32)36/h4-15,19-21,23,27H,1,16-18H2,2-3H3. The first kappa shape index (κ1) is 23.0. The van der Waals surface area contributed by atoms with Gasteiger partial charge in [-0.15, -0.1) is 0 Å². The lowest BCUT2D eigenvalue weighted by Crippen LogP contribution is -2.35. The number of halogens is 1. The van der Waals surface area contributed by atoms with E-state index in [-0.39, 0.29) is 5.41 Å². The quantitative estimate of drug-likeness (QED) is 0.194. The second kappa shape index (κ2) is 8.43. The molecule has 0 amide bonds. The van der Waals surface area contributed by atoms with Crippen molar-refractivity contribution in [1.29, 1.82) is 0 Å². The highest BCUT2D eigenvalue weighted by molar-refractivity contribution is 9.10. The number of fused-ring (bicyclic) bond motifs is 5. The van der Waals surface area contributed by atoms with Gasteiger partial charge in [0.2, 0.25) is 0 Å². The Balaban J connectivity index is 1.49. The normalized spacial score (nSPS) is 22.8. The maximum absolute atomic E-state index is 4.48. The van der Waals surface area contributed by atoms with Gasteiger partial charge in [-0.05, 0) is 110 Å². The van der Waals surface area contributed by atoms with Crippen LogP contribution in [0.1, 0.15) is 44.2 Å². The van der Waals surface area contributed by atoms with Crippen LogP contribution in [0.25, 0.3) is 43.8 Å². The third-order valence-corrected chi connectivity index (χ3v) is 9.86. The first-order valence-corrected chi connectivity index (χ1v) is 14.2. The van der Waals surface area contributed by atoms with E-state index >= 15 is 0 Å². The molecule has 1 heteroatoms. The van der Waals surface area contributed by atoms with E-state index in [0.717, 1.165) is 17.3 Å². The van der Waals surface area contributed by atoms with Gasteiger partial charge in [0.15, 0.2) is 0 Å². The number of hydrogen-bond donors (Lipinski definition) is 0. The van der Waals surface area contributed by atoms with Gasteiger partial charge >= 0.3 is 0 Å². The summed E-state index contributed by atoms with van der Waals surface area (Å²) >= 11 is 3.77. The Morgan fingerprint density at radius 1 is 0.730 bits per heavy atom. The number of hydrogen-bond acceptors (Lipinski definition) is 0. The smallest absolute Gasteiger partial charge is 0.0253 e. The molecule has 0 aliphatic heterocycles. The minimum Gasteiger partial charge on any atom is -0.0998 e. The van der Waals surface area contributed by atoms with Crippen molar-refractivity contribution in [3.63, 3.8) is 0 Å². The van der Waals surface area contributed by atoms with Crippen molar-refractivity contribution < 1.29 is 0 Å². The first-order chi connectivity index (χ1) is 17.9. The van der Waals surface area contributed by atoms with Gasteiger partial charge in [0.05, 0.1) is 0 Å². The van der Waals surface area contributed by atoms with Crippen LogP contribution in [0.3, 0.4) is 0 Å². The molecule has 182 valence electrons. The molecular weight excluding hydrogens is 512 g/mol. The summed E-state index contributed by atoms with van der Waals surface area (Å²) in [6, 6.07) is 34.2. The van der Waals surface area contributed by atoms with Crippen LogP contribution < -0.4 is 0 Å². The van der Waals surface area contributed by atoms with Gasteiger partial charge < -0.3 is 0 Å². The summed E-state index contributed by atoms with van der Waals surface area (Å²) < 4.78 is 1.15. The molecule has 2 aliphatic carbocycles. The lowest BCUT2D eigenvalue weighted by atomic mass is 9.62. The van der Waals surface area contributed by atoms with E-state index in [1.165, 1.54) is 66.9 Å². The monoisotopic (exact) mass is 542 g/mol. The number of benzene rings is 5. The molecule has 1 saturated carbocycles. The second-order valence-corrected chi connectivity index (χ2v) is 12.4. The summed E-state index contributed by atoms with van der Waals surface area (Å²) in [7, 11) is 0. The van der Waals surface area contributed by atoms with Crippen molar-refractivity contribution in [2.24, 2.45) is 11.8 Å². The zero-order valence-corrected chi connectivity index (χ0v) is 23.1. The van der Waals surface area contributed by atoms with Gasteiger partial charge in [-0.25, -0.2) is 0 Å². The minimum absolute atomic E-state index is 0.0481. The molecule has 37 heavy (non-hydrogen) atoms. The van der Waals surface area contributed by atoms with E-state index in [0.29, 0.717) is 11.8 Å². The van der Waals surface area contributed by atoms with Crippen molar-refractivity contribution in [2.75, 3.05) is 0 Å². The van der Waals surface area contributed by atoms with Crippen LogP contribution in [-0.2, 0) is 5.41 Å². The fraction of sp³-hybridized carbons (Fsp3) is 0.222. The molecule has 5 aromatic carbocycles. The highest BCUT2D eigenvalue weighted by Crippen LogP contribution is 2.58. The van der Waals surface area contributed by atoms with E-state index in [1.54, 1.807) is 0 Å². The van der Waals surface area contributed by atoms with E-state index in [1.807, 2.05) is 0 Å². The van der Waals surface area contributed by atoms with E-state index in [2.05, 4.69) is 127 Å². The zero-order valence-electron chi connectivity index (χ0n) is 21.5. The van der Waals surface area contributed by atoms with E-state index in [4.69, 9.17) is 0 Å². The molecule has 0 heterocycles. The summed E-state index contributed by atoms with van der Waals surface area (Å²) in [5.41, 5.74) is 9.74. The highest BCUT2D eigenvalue weighted by atomic mass is 79.9. The third kappa shape index (κ3) is 3.47. The van der Waals surface area contributed by atoms with Gasteiger partial charge in [-0.2, -0.15) is 0 Å². The molecule has 0 aromatic heterocycles. The molecule has 0 bridgehead atoms. The van der Waals surface area contributed by atoms with Crippen molar-refractivity contribution in [3.05, 3.63) is 119 Å². The first-order valence-electron chi connectivity index (χ1n) is 13.5. The third-order valence-electron chi connectivity index (χ3n) is 9.17. The summed E-state index contributed by atoms with van der Waals surface area (Å²) in [6.07, 6.45) is 3.51. The van der Waals surface area contributed by atoms with Gasteiger partial charge in [0.25, 0.3) is 0 Å². The van der Waals surface area contributed by atoms with Crippen molar-refractivity contribution in [3.8, 4) is 22.3 Å². The lowest BCUT2D eigenvalue weighted by Gasteiger charge is -2.42. The van der Waals surface area contributed by atoms with Gasteiger partial charge in [0, 0.05) is 9.89 Å². The fourth-order valence-corrected chi connectivity index (χ4v) is 7.89. The van der Waals surface area contributed by atoms with Crippen LogP contribution in [0.2, 0.25) is 0 Å². The molecule has 3 unspecified atom stereocenters. The highest BCUT2D eigenvalue weighted by Gasteiger charge is 2.46. The van der Waals surface area contributed by atoms with E-state index < -0.39 is 0 Å². The summed E-state index contributed by atoms with van der Waals surface area (Å²) in [5.74, 6) is 1.22. The SMILES string of the molecule is C=C1CC(C)CC(C2(C)c3cc(-c4cccc5c(Br)cccc45)ccc3-c3cc4ccccc4cc32)C1. The molecular formula is C36H31Br. The van der Waals surface area contributed by atoms with Crippen LogP contribution in [-0.4, -0.2) is 0 Å². The largest absolute Gasteiger partial charge is 0.0998 e. The number of rotatable bonds is 2. The van der Waals surface area contributed by atoms with E-state index in [9.17, 15) is 0 Å². The molecule has 3 atom stereocenters. The molecule has 7 rings (SSSR count). The Hall–Kier alpha value is -3.16. The Morgan fingerprint density at radius 3 is 2.27 bits per heavy atom. The summed E-state index contributed by atoms with van der Waals surface area (Å²) in [6.45, 7) is 9.41. The van der Waals surface area contributed by atoms with Crippen LogP contribution in [0.15, 0.2) is 108 Å². The Labute approximate surface area is 228 Å². The van der Waals surface area contributed by atoms with Gasteiger partial charge in [-0.3, -0.25) is 0 Å². The Morgan fingerprint density at radius 2 is 1.46 bits per heavy atom.